The maximum Gasteiger partial charge on any atom is 0.161 e. The summed E-state index contributed by atoms with van der Waals surface area (Å²) in [6.45, 7) is 9.30. The molecule has 0 aliphatic heterocycles. The summed E-state index contributed by atoms with van der Waals surface area (Å²) in [7, 11) is 3.70. The number of benzene rings is 1. The fraction of sp³-hybridized carbons (Fsp3) is 0.615. The van der Waals surface area contributed by atoms with Crippen molar-refractivity contribution in [3.8, 4) is 11.5 Å². The average Bonchev–Trinajstić information content (AvgIpc) is 2.79. The van der Waals surface area contributed by atoms with E-state index in [9.17, 15) is 10.2 Å². The molecule has 0 radical (unpaired) electrons. The van der Waals surface area contributed by atoms with Crippen LogP contribution in [0, 0.1) is 0 Å². The van der Waals surface area contributed by atoms with Gasteiger partial charge in [-0.05, 0) is 50.4 Å². The van der Waals surface area contributed by atoms with Crippen molar-refractivity contribution in [3.05, 3.63) is 49.1 Å². The van der Waals surface area contributed by atoms with Crippen molar-refractivity contribution >= 4 is 0 Å². The Kier molecular flexibility index (Phi) is 11.2. The van der Waals surface area contributed by atoms with Gasteiger partial charge in [0.15, 0.2) is 11.5 Å². The van der Waals surface area contributed by atoms with Gasteiger partial charge >= 0.3 is 0 Å². The fourth-order valence-electron chi connectivity index (χ4n) is 4.39. The monoisotopic (exact) mass is 446 g/mol. The number of aliphatic hydroxyl groups is 2. The van der Waals surface area contributed by atoms with Crippen molar-refractivity contribution < 1.29 is 19.7 Å². The summed E-state index contributed by atoms with van der Waals surface area (Å²) in [5.74, 6) is 1.25. The van der Waals surface area contributed by atoms with E-state index in [0.717, 1.165) is 5.56 Å². The van der Waals surface area contributed by atoms with Crippen LogP contribution in [0.4, 0.5) is 0 Å². The normalized spacial score (nSPS) is 16.0. The third-order valence-corrected chi connectivity index (χ3v) is 6.19. The van der Waals surface area contributed by atoms with Gasteiger partial charge in [-0.25, -0.2) is 0 Å². The molecule has 32 heavy (non-hydrogen) atoms. The third kappa shape index (κ3) is 8.58. The SMILES string of the molecule is C=CCC(O)(CC=C)CNCc1ccc(OC[C@@H](O)CN(C)C2CCCCC2)c(OC)c1. The van der Waals surface area contributed by atoms with E-state index in [4.69, 9.17) is 9.47 Å². The molecule has 1 atom stereocenters. The molecule has 1 saturated carbocycles. The van der Waals surface area contributed by atoms with Crippen LogP contribution in [-0.2, 0) is 6.54 Å². The zero-order chi connectivity index (χ0) is 23.4. The average molecular weight is 447 g/mol. The summed E-state index contributed by atoms with van der Waals surface area (Å²) in [4.78, 5) is 2.26. The Hall–Kier alpha value is -1.86. The Morgan fingerprint density at radius 2 is 1.88 bits per heavy atom. The van der Waals surface area contributed by atoms with E-state index in [-0.39, 0.29) is 6.61 Å². The first kappa shape index (κ1) is 26.4. The second-order valence-corrected chi connectivity index (χ2v) is 8.99. The number of nitrogens with zero attached hydrogens (tertiary/aromatic N) is 1. The lowest BCUT2D eigenvalue weighted by atomic mass is 9.94. The second-order valence-electron chi connectivity index (χ2n) is 8.99. The first-order valence-corrected chi connectivity index (χ1v) is 11.7. The van der Waals surface area contributed by atoms with Crippen LogP contribution in [0.1, 0.15) is 50.5 Å². The minimum absolute atomic E-state index is 0.223. The highest BCUT2D eigenvalue weighted by atomic mass is 16.5. The third-order valence-electron chi connectivity index (χ3n) is 6.19. The van der Waals surface area contributed by atoms with Gasteiger partial charge in [0.05, 0.1) is 12.7 Å². The molecule has 0 heterocycles. The molecular weight excluding hydrogens is 404 g/mol. The number of hydrogen-bond donors (Lipinski definition) is 3. The minimum Gasteiger partial charge on any atom is -0.493 e. The van der Waals surface area contributed by atoms with E-state index < -0.39 is 11.7 Å². The number of hydrogen-bond acceptors (Lipinski definition) is 6. The number of aliphatic hydroxyl groups excluding tert-OH is 1. The van der Waals surface area contributed by atoms with Crippen molar-refractivity contribution in [2.45, 2.75) is 69.2 Å². The lowest BCUT2D eigenvalue weighted by Gasteiger charge is -2.32. The van der Waals surface area contributed by atoms with E-state index in [0.29, 0.717) is 50.0 Å². The van der Waals surface area contributed by atoms with Crippen LogP contribution in [0.15, 0.2) is 43.5 Å². The topological polar surface area (TPSA) is 74.2 Å². The highest BCUT2D eigenvalue weighted by Gasteiger charge is 2.23. The Balaban J connectivity index is 1.84. The second kappa shape index (κ2) is 13.6. The highest BCUT2D eigenvalue weighted by Crippen LogP contribution is 2.28. The molecule has 0 amide bonds. The van der Waals surface area contributed by atoms with Crippen molar-refractivity contribution in [1.82, 2.24) is 10.2 Å². The van der Waals surface area contributed by atoms with Gasteiger partial charge in [0.2, 0.25) is 0 Å². The predicted molar refractivity (Wildman–Crippen MR) is 130 cm³/mol. The van der Waals surface area contributed by atoms with Gasteiger partial charge in [0.25, 0.3) is 0 Å². The van der Waals surface area contributed by atoms with Gasteiger partial charge in [-0.3, -0.25) is 0 Å². The van der Waals surface area contributed by atoms with Crippen molar-refractivity contribution in [1.29, 1.82) is 0 Å². The number of nitrogens with one attached hydrogen (secondary N) is 1. The van der Waals surface area contributed by atoms with Crippen LogP contribution < -0.4 is 14.8 Å². The van der Waals surface area contributed by atoms with E-state index >= 15 is 0 Å². The quantitative estimate of drug-likeness (QED) is 0.357. The molecule has 0 bridgehead atoms. The van der Waals surface area contributed by atoms with Crippen LogP contribution in [0.5, 0.6) is 11.5 Å². The summed E-state index contributed by atoms with van der Waals surface area (Å²) in [5, 5.41) is 24.4. The number of methoxy groups -OCH3 is 1. The smallest absolute Gasteiger partial charge is 0.161 e. The Labute approximate surface area is 193 Å². The largest absolute Gasteiger partial charge is 0.493 e. The molecule has 2 rings (SSSR count). The predicted octanol–water partition coefficient (Wildman–Crippen LogP) is 3.67. The number of rotatable bonds is 15. The summed E-state index contributed by atoms with van der Waals surface area (Å²) >= 11 is 0. The molecule has 6 heteroatoms. The zero-order valence-electron chi connectivity index (χ0n) is 19.9. The zero-order valence-corrected chi connectivity index (χ0v) is 19.9. The van der Waals surface area contributed by atoms with Gasteiger partial charge in [-0.15, -0.1) is 13.2 Å². The van der Waals surface area contributed by atoms with E-state index in [1.807, 2.05) is 18.2 Å². The van der Waals surface area contributed by atoms with Crippen molar-refractivity contribution in [2.75, 3.05) is 33.9 Å². The van der Waals surface area contributed by atoms with E-state index in [1.54, 1.807) is 19.3 Å². The molecule has 1 aromatic rings. The molecule has 3 N–H and O–H groups in total. The molecule has 6 nitrogen and oxygen atoms in total. The van der Waals surface area contributed by atoms with Gasteiger partial charge < -0.3 is 29.9 Å². The highest BCUT2D eigenvalue weighted by molar-refractivity contribution is 5.43. The fourth-order valence-corrected chi connectivity index (χ4v) is 4.39. The van der Waals surface area contributed by atoms with E-state index in [1.165, 1.54) is 32.1 Å². The summed E-state index contributed by atoms with van der Waals surface area (Å²) in [6.07, 6.45) is 10.2. The lowest BCUT2D eigenvalue weighted by Crippen LogP contribution is -2.40. The number of ether oxygens (including phenoxy) is 2. The van der Waals surface area contributed by atoms with E-state index in [2.05, 4.69) is 30.4 Å². The van der Waals surface area contributed by atoms with Crippen LogP contribution in [0.2, 0.25) is 0 Å². The standard InChI is InChI=1S/C26H42N2O4/c1-5-14-26(30,15-6-2)20-27-17-21-12-13-24(25(16-21)31-4)32-19-23(29)18-28(3)22-10-8-7-9-11-22/h5-6,12-13,16,22-23,27,29-30H,1-2,7-11,14-15,17-20H2,3-4H3/t23-/m0/s1. The van der Waals surface area contributed by atoms with Gasteiger partial charge in [0.1, 0.15) is 12.7 Å². The Morgan fingerprint density at radius 1 is 1.19 bits per heavy atom. The van der Waals surface area contributed by atoms with Crippen molar-refractivity contribution in [2.24, 2.45) is 0 Å². The summed E-state index contributed by atoms with van der Waals surface area (Å²) < 4.78 is 11.4. The van der Waals surface area contributed by atoms with Gasteiger partial charge in [-0.1, -0.05) is 37.5 Å². The molecule has 180 valence electrons. The van der Waals surface area contributed by atoms with Crippen LogP contribution in [0.3, 0.4) is 0 Å². The molecule has 0 aromatic heterocycles. The Morgan fingerprint density at radius 3 is 2.50 bits per heavy atom. The molecule has 1 fully saturated rings. The van der Waals surface area contributed by atoms with Crippen LogP contribution >= 0.6 is 0 Å². The maximum absolute atomic E-state index is 10.6. The molecule has 0 saturated heterocycles. The van der Waals surface area contributed by atoms with Crippen molar-refractivity contribution in [3.63, 3.8) is 0 Å². The maximum atomic E-state index is 10.6. The lowest BCUT2D eigenvalue weighted by molar-refractivity contribution is 0.0461. The molecule has 0 spiro atoms. The first-order valence-electron chi connectivity index (χ1n) is 11.7. The van der Waals surface area contributed by atoms with Crippen LogP contribution in [0.25, 0.3) is 0 Å². The Bertz CT molecular complexity index is 693. The summed E-state index contributed by atoms with van der Waals surface area (Å²) in [5.41, 5.74) is 0.142. The van der Waals surface area contributed by atoms with Crippen LogP contribution in [-0.4, -0.2) is 66.7 Å². The van der Waals surface area contributed by atoms with Gasteiger partial charge in [0, 0.05) is 25.7 Å². The molecule has 0 unspecified atom stereocenters. The summed E-state index contributed by atoms with van der Waals surface area (Å²) in [6, 6.07) is 6.32. The first-order chi connectivity index (χ1) is 15.4. The molecular formula is C26H42N2O4. The molecule has 1 aliphatic rings. The van der Waals surface area contributed by atoms with Gasteiger partial charge in [-0.2, -0.15) is 0 Å². The number of likely N-dealkylation sites (N-methyl/N-ethyl adjacent to an activating group) is 1. The molecule has 1 aliphatic carbocycles. The molecule has 1 aromatic carbocycles. The minimum atomic E-state index is -0.877.